The summed E-state index contributed by atoms with van der Waals surface area (Å²) in [4.78, 5) is 13.0. The van der Waals surface area contributed by atoms with Crippen LogP contribution in [0.2, 0.25) is 0 Å². The quantitative estimate of drug-likeness (QED) is 0.0261. The molecule has 0 aromatic carbocycles. The van der Waals surface area contributed by atoms with Gasteiger partial charge in [0, 0.05) is 6.42 Å². The normalized spacial score (nSPS) is 20.0. The fourth-order valence-corrected chi connectivity index (χ4v) is 8.94. The molecule has 0 aromatic rings. The average Bonchev–Trinajstić information content (AvgIpc) is 3.32. The van der Waals surface area contributed by atoms with E-state index in [1.54, 1.807) is 6.08 Å². The molecule has 7 unspecified atom stereocenters. The molecule has 1 amide bonds. The fourth-order valence-electron chi connectivity index (χ4n) is 8.94. The largest absolute Gasteiger partial charge is 0.394 e. The van der Waals surface area contributed by atoms with Crippen LogP contribution in [0.25, 0.3) is 0 Å². The van der Waals surface area contributed by atoms with Crippen LogP contribution >= 0.6 is 0 Å². The van der Waals surface area contributed by atoms with Gasteiger partial charge in [0.2, 0.25) is 5.91 Å². The van der Waals surface area contributed by atoms with Crippen LogP contribution in [0.5, 0.6) is 0 Å². The van der Waals surface area contributed by atoms with Gasteiger partial charge in [-0.15, -0.1) is 0 Å². The van der Waals surface area contributed by atoms with Gasteiger partial charge in [-0.2, -0.15) is 0 Å². The Balaban J connectivity index is 2.12. The summed E-state index contributed by atoms with van der Waals surface area (Å²) in [6.45, 7) is 3.72. The maximum atomic E-state index is 13.0. The molecule has 6 N–H and O–H groups in total. The van der Waals surface area contributed by atoms with Crippen LogP contribution in [-0.2, 0) is 14.3 Å². The predicted octanol–water partition coefficient (Wildman–Crippen LogP) is 13.6. The van der Waals surface area contributed by atoms with E-state index in [4.69, 9.17) is 9.47 Å². The van der Waals surface area contributed by atoms with Crippen molar-refractivity contribution in [1.82, 2.24) is 5.32 Å². The van der Waals surface area contributed by atoms with Crippen LogP contribution in [0.4, 0.5) is 0 Å². The molecule has 7 atom stereocenters. The van der Waals surface area contributed by atoms with E-state index < -0.39 is 49.5 Å². The second kappa shape index (κ2) is 47.1. The number of allylic oxidation sites excluding steroid dienone is 5. The number of hydrogen-bond acceptors (Lipinski definition) is 8. The molecular formula is C57H107NO8. The molecule has 1 aliphatic heterocycles. The Morgan fingerprint density at radius 2 is 0.864 bits per heavy atom. The van der Waals surface area contributed by atoms with Gasteiger partial charge in [-0.3, -0.25) is 4.79 Å². The van der Waals surface area contributed by atoms with Crippen LogP contribution in [-0.4, -0.2) is 87.5 Å². The minimum Gasteiger partial charge on any atom is -0.394 e. The number of ether oxygens (including phenoxy) is 2. The van der Waals surface area contributed by atoms with Crippen molar-refractivity contribution in [3.63, 3.8) is 0 Å². The van der Waals surface area contributed by atoms with Crippen LogP contribution in [0.15, 0.2) is 36.5 Å². The van der Waals surface area contributed by atoms with Crippen molar-refractivity contribution < 1.29 is 39.8 Å². The SMILES string of the molecule is CCCC/C=C/CC/C=C/CC/C=C/C(O)C(COC1OC(CO)C(O)C(O)C1O)NC(=O)CCCCCCCCCCCCCCCCCCCCCCCCCCCCCCCCC. The van der Waals surface area contributed by atoms with Gasteiger partial charge in [-0.1, -0.05) is 256 Å². The number of amides is 1. The summed E-state index contributed by atoms with van der Waals surface area (Å²) < 4.78 is 11.2. The van der Waals surface area contributed by atoms with Crippen molar-refractivity contribution in [1.29, 1.82) is 0 Å². The lowest BCUT2D eigenvalue weighted by Crippen LogP contribution is -2.60. The summed E-state index contributed by atoms with van der Waals surface area (Å²) in [7, 11) is 0. The number of nitrogens with one attached hydrogen (secondary N) is 1. The highest BCUT2D eigenvalue weighted by atomic mass is 16.7. The Bertz CT molecular complexity index is 1130. The first-order valence-electron chi connectivity index (χ1n) is 28.2. The molecule has 1 heterocycles. The van der Waals surface area contributed by atoms with Crippen LogP contribution < -0.4 is 5.32 Å². The van der Waals surface area contributed by atoms with E-state index in [1.165, 1.54) is 193 Å². The highest BCUT2D eigenvalue weighted by Gasteiger charge is 2.44. The molecule has 1 rings (SSSR count). The van der Waals surface area contributed by atoms with Gasteiger partial charge in [0.15, 0.2) is 6.29 Å². The highest BCUT2D eigenvalue weighted by molar-refractivity contribution is 5.76. The first-order valence-corrected chi connectivity index (χ1v) is 28.2. The van der Waals surface area contributed by atoms with Crippen LogP contribution in [0.3, 0.4) is 0 Å². The lowest BCUT2D eigenvalue weighted by molar-refractivity contribution is -0.302. The maximum Gasteiger partial charge on any atom is 0.220 e. The van der Waals surface area contributed by atoms with Crippen molar-refractivity contribution in [3.05, 3.63) is 36.5 Å². The molecule has 1 aliphatic rings. The summed E-state index contributed by atoms with van der Waals surface area (Å²) >= 11 is 0. The summed E-state index contributed by atoms with van der Waals surface area (Å²) in [5.74, 6) is -0.188. The van der Waals surface area contributed by atoms with Gasteiger partial charge in [-0.05, 0) is 38.5 Å². The summed E-state index contributed by atoms with van der Waals surface area (Å²) in [5, 5.41) is 54.3. The first-order chi connectivity index (χ1) is 32.3. The van der Waals surface area contributed by atoms with Gasteiger partial charge in [0.05, 0.1) is 25.4 Å². The Morgan fingerprint density at radius 3 is 1.26 bits per heavy atom. The van der Waals surface area contributed by atoms with E-state index >= 15 is 0 Å². The zero-order valence-electron chi connectivity index (χ0n) is 43.0. The van der Waals surface area contributed by atoms with E-state index in [2.05, 4.69) is 43.5 Å². The van der Waals surface area contributed by atoms with Gasteiger partial charge < -0.3 is 40.3 Å². The maximum absolute atomic E-state index is 13.0. The molecule has 0 aromatic heterocycles. The molecule has 0 spiro atoms. The van der Waals surface area contributed by atoms with Crippen molar-refractivity contribution >= 4 is 5.91 Å². The first kappa shape index (κ1) is 62.4. The minimum absolute atomic E-state index is 0.188. The number of aliphatic hydroxyl groups is 5. The Morgan fingerprint density at radius 1 is 0.500 bits per heavy atom. The number of unbranched alkanes of at least 4 members (excludes halogenated alkanes) is 34. The zero-order chi connectivity index (χ0) is 48.0. The molecule has 66 heavy (non-hydrogen) atoms. The third kappa shape index (κ3) is 36.4. The van der Waals surface area contributed by atoms with E-state index in [-0.39, 0.29) is 12.5 Å². The molecule has 0 saturated carbocycles. The number of aliphatic hydroxyl groups excluding tert-OH is 5. The van der Waals surface area contributed by atoms with Gasteiger partial charge in [0.25, 0.3) is 0 Å². The third-order valence-corrected chi connectivity index (χ3v) is 13.4. The Labute approximate surface area is 406 Å². The third-order valence-electron chi connectivity index (χ3n) is 13.4. The molecule has 0 radical (unpaired) electrons. The number of carbonyl (C=O) groups excluding carboxylic acids is 1. The molecule has 9 heteroatoms. The van der Waals surface area contributed by atoms with E-state index in [9.17, 15) is 30.3 Å². The topological polar surface area (TPSA) is 149 Å². The van der Waals surface area contributed by atoms with Crippen LogP contribution in [0, 0.1) is 0 Å². The monoisotopic (exact) mass is 934 g/mol. The summed E-state index contributed by atoms with van der Waals surface area (Å²) in [6.07, 6.45) is 53.8. The van der Waals surface area contributed by atoms with E-state index in [0.29, 0.717) is 6.42 Å². The smallest absolute Gasteiger partial charge is 0.220 e. The van der Waals surface area contributed by atoms with E-state index in [0.717, 1.165) is 51.4 Å². The van der Waals surface area contributed by atoms with Crippen LogP contribution in [0.1, 0.15) is 264 Å². The average molecular weight is 934 g/mol. The lowest BCUT2D eigenvalue weighted by Gasteiger charge is -2.40. The molecule has 0 bridgehead atoms. The fraction of sp³-hybridized carbons (Fsp3) is 0.877. The second-order valence-corrected chi connectivity index (χ2v) is 19.7. The lowest BCUT2D eigenvalue weighted by atomic mass is 9.99. The van der Waals surface area contributed by atoms with Crippen molar-refractivity contribution in [2.75, 3.05) is 13.2 Å². The zero-order valence-corrected chi connectivity index (χ0v) is 43.0. The number of carbonyl (C=O) groups is 1. The molecule has 1 saturated heterocycles. The summed E-state index contributed by atoms with van der Waals surface area (Å²) in [6, 6.07) is -0.824. The second-order valence-electron chi connectivity index (χ2n) is 19.7. The molecule has 388 valence electrons. The number of rotatable bonds is 48. The van der Waals surface area contributed by atoms with Gasteiger partial charge in [0.1, 0.15) is 24.4 Å². The number of hydrogen-bond donors (Lipinski definition) is 6. The van der Waals surface area contributed by atoms with Gasteiger partial charge in [-0.25, -0.2) is 0 Å². The minimum atomic E-state index is -1.57. The molecule has 1 fully saturated rings. The Hall–Kier alpha value is -1.59. The predicted molar refractivity (Wildman–Crippen MR) is 276 cm³/mol. The Kier molecular flexibility index (Phi) is 44.6. The van der Waals surface area contributed by atoms with Crippen molar-refractivity contribution in [2.45, 2.75) is 307 Å². The van der Waals surface area contributed by atoms with Crippen molar-refractivity contribution in [3.8, 4) is 0 Å². The summed E-state index contributed by atoms with van der Waals surface area (Å²) in [5.41, 5.74) is 0. The standard InChI is InChI=1S/C57H107NO8/c1-3-5-7-9-11-13-15-17-18-19-20-21-22-23-24-25-26-27-28-29-30-31-32-33-34-35-37-39-41-43-45-47-53(61)58-50(49-65-57-56(64)55(63)54(62)52(48-59)66-57)51(60)46-44-42-40-38-36-16-14-12-10-8-6-4-2/h10,12,36,38,44,46,50-52,54-57,59-60,62-64H,3-9,11,13-35,37,39-43,45,47-49H2,1-2H3,(H,58,61)/b12-10+,38-36+,46-44+. The molecule has 0 aliphatic carbocycles. The highest BCUT2D eigenvalue weighted by Crippen LogP contribution is 2.23. The van der Waals surface area contributed by atoms with Crippen molar-refractivity contribution in [2.24, 2.45) is 0 Å². The molecule has 9 nitrogen and oxygen atoms in total. The van der Waals surface area contributed by atoms with Gasteiger partial charge >= 0.3 is 0 Å². The van der Waals surface area contributed by atoms with E-state index in [1.807, 2.05) is 6.08 Å². The molecular weight excluding hydrogens is 827 g/mol.